The molecule has 3 heterocycles. The maximum atomic E-state index is 12.7. The molecule has 1 aromatic heterocycles. The van der Waals surface area contributed by atoms with Gasteiger partial charge in [-0.25, -0.2) is 0 Å². The number of carboxylic acids is 1. The van der Waals surface area contributed by atoms with E-state index < -0.39 is 11.9 Å². The molecule has 2 fully saturated rings. The van der Waals surface area contributed by atoms with Gasteiger partial charge in [-0.1, -0.05) is 18.2 Å². The van der Waals surface area contributed by atoms with Crippen molar-refractivity contribution < 1.29 is 19.4 Å². The highest BCUT2D eigenvalue weighted by Crippen LogP contribution is 2.33. The van der Waals surface area contributed by atoms with Crippen LogP contribution in [0.25, 0.3) is 10.9 Å². The van der Waals surface area contributed by atoms with Crippen LogP contribution < -0.4 is 0 Å². The number of aliphatic carboxylic acids is 1. The van der Waals surface area contributed by atoms with Crippen molar-refractivity contribution in [1.29, 1.82) is 0 Å². The van der Waals surface area contributed by atoms with E-state index in [9.17, 15) is 14.7 Å². The van der Waals surface area contributed by atoms with Crippen LogP contribution in [0.4, 0.5) is 0 Å². The molecular formula is C22H28N2O4. The number of aromatic amines is 1. The average Bonchev–Trinajstić information content (AvgIpc) is 3.34. The summed E-state index contributed by atoms with van der Waals surface area (Å²) >= 11 is 0. The number of rotatable bonds is 5. The minimum absolute atomic E-state index is 0.183. The Bertz CT molecular complexity index is 867. The van der Waals surface area contributed by atoms with Gasteiger partial charge in [0, 0.05) is 43.2 Å². The highest BCUT2D eigenvalue weighted by Gasteiger charge is 2.40. The number of hydrogen-bond acceptors (Lipinski definition) is 3. The molecule has 2 aromatic rings. The number of nitrogens with one attached hydrogen (secondary N) is 1. The summed E-state index contributed by atoms with van der Waals surface area (Å²) < 4.78 is 5.72. The third kappa shape index (κ3) is 3.65. The Labute approximate surface area is 164 Å². The van der Waals surface area contributed by atoms with E-state index in [0.717, 1.165) is 24.8 Å². The summed E-state index contributed by atoms with van der Waals surface area (Å²) in [5, 5.41) is 10.6. The van der Waals surface area contributed by atoms with Crippen molar-refractivity contribution >= 4 is 22.8 Å². The van der Waals surface area contributed by atoms with Gasteiger partial charge in [0.1, 0.15) is 0 Å². The molecule has 0 radical (unpaired) electrons. The number of nitrogens with zero attached hydrogens (tertiary/aromatic N) is 1. The Morgan fingerprint density at radius 3 is 2.79 bits per heavy atom. The smallest absolute Gasteiger partial charge is 0.309 e. The third-order valence-corrected chi connectivity index (χ3v) is 6.43. The minimum Gasteiger partial charge on any atom is -0.481 e. The molecule has 0 bridgehead atoms. The SMILES string of the molecule is Cc1cccc2c(CCC(=O)N3CCC([C@@H]4OCCC4C(=O)O)CC3)c[nH]c12. The molecule has 0 saturated carbocycles. The van der Waals surface area contributed by atoms with Crippen LogP contribution in [0, 0.1) is 18.8 Å². The second-order valence-corrected chi connectivity index (χ2v) is 8.10. The van der Waals surface area contributed by atoms with Gasteiger partial charge in [-0.05, 0) is 49.7 Å². The molecule has 1 amide bonds. The number of likely N-dealkylation sites (tertiary alicyclic amines) is 1. The predicted octanol–water partition coefficient (Wildman–Crippen LogP) is 3.14. The van der Waals surface area contributed by atoms with Gasteiger partial charge in [0.2, 0.25) is 5.91 Å². The molecule has 2 saturated heterocycles. The van der Waals surface area contributed by atoms with Crippen molar-refractivity contribution in [2.75, 3.05) is 19.7 Å². The van der Waals surface area contributed by atoms with Crippen molar-refractivity contribution in [2.45, 2.75) is 45.1 Å². The monoisotopic (exact) mass is 384 g/mol. The Balaban J connectivity index is 1.31. The molecule has 4 rings (SSSR count). The van der Waals surface area contributed by atoms with Gasteiger partial charge in [0.25, 0.3) is 0 Å². The third-order valence-electron chi connectivity index (χ3n) is 6.43. The Kier molecular flexibility index (Phi) is 5.40. The van der Waals surface area contributed by atoms with Crippen LogP contribution >= 0.6 is 0 Å². The van der Waals surface area contributed by atoms with Crippen LogP contribution in [0.3, 0.4) is 0 Å². The number of benzene rings is 1. The van der Waals surface area contributed by atoms with Gasteiger partial charge >= 0.3 is 5.97 Å². The van der Waals surface area contributed by atoms with Crippen molar-refractivity contribution in [3.63, 3.8) is 0 Å². The first-order valence-corrected chi connectivity index (χ1v) is 10.2. The van der Waals surface area contributed by atoms with Crippen LogP contribution in [0.15, 0.2) is 24.4 Å². The van der Waals surface area contributed by atoms with Crippen molar-refractivity contribution in [3.8, 4) is 0 Å². The number of fused-ring (bicyclic) bond motifs is 1. The molecule has 2 atom stereocenters. The quantitative estimate of drug-likeness (QED) is 0.830. The van der Waals surface area contributed by atoms with Crippen LogP contribution in [0.2, 0.25) is 0 Å². The lowest BCUT2D eigenvalue weighted by Gasteiger charge is -2.35. The number of aromatic nitrogens is 1. The van der Waals surface area contributed by atoms with Crippen LogP contribution in [-0.4, -0.2) is 52.7 Å². The molecule has 150 valence electrons. The van der Waals surface area contributed by atoms with Crippen LogP contribution in [-0.2, 0) is 20.7 Å². The standard InChI is InChI=1S/C22H28N2O4/c1-14-3-2-4-17-16(13-23-20(14)17)5-6-19(25)24-10-7-15(8-11-24)21-18(22(26)27)9-12-28-21/h2-4,13,15,18,21,23H,5-12H2,1H3,(H,26,27)/t18?,21-/m0/s1. The number of carboxylic acid groups (broad SMARTS) is 1. The number of para-hydroxylation sites is 1. The number of amides is 1. The number of aryl methyl sites for hydroxylation is 2. The van der Waals surface area contributed by atoms with Gasteiger partial charge in [-0.2, -0.15) is 0 Å². The predicted molar refractivity (Wildman–Crippen MR) is 106 cm³/mol. The van der Waals surface area contributed by atoms with Gasteiger partial charge in [-0.15, -0.1) is 0 Å². The lowest BCUT2D eigenvalue weighted by molar-refractivity contribution is -0.146. The topological polar surface area (TPSA) is 82.6 Å². The number of carbonyl (C=O) groups is 2. The maximum absolute atomic E-state index is 12.7. The van der Waals surface area contributed by atoms with E-state index in [1.54, 1.807) is 0 Å². The van der Waals surface area contributed by atoms with Crippen molar-refractivity contribution in [2.24, 2.45) is 11.8 Å². The molecular weight excluding hydrogens is 356 g/mol. The summed E-state index contributed by atoms with van der Waals surface area (Å²) in [6.45, 7) is 4.01. The summed E-state index contributed by atoms with van der Waals surface area (Å²) in [5.41, 5.74) is 3.55. The molecule has 2 aliphatic rings. The molecule has 0 spiro atoms. The molecule has 6 heteroatoms. The minimum atomic E-state index is -0.755. The zero-order valence-electron chi connectivity index (χ0n) is 16.3. The molecule has 0 aliphatic carbocycles. The van der Waals surface area contributed by atoms with E-state index in [2.05, 4.69) is 30.1 Å². The van der Waals surface area contributed by atoms with E-state index in [1.165, 1.54) is 16.5 Å². The summed E-state index contributed by atoms with van der Waals surface area (Å²) in [6.07, 6.45) is 5.31. The molecule has 6 nitrogen and oxygen atoms in total. The number of hydrogen-bond donors (Lipinski definition) is 2. The molecule has 1 unspecified atom stereocenters. The molecule has 2 aliphatic heterocycles. The zero-order chi connectivity index (χ0) is 19.7. The average molecular weight is 384 g/mol. The van der Waals surface area contributed by atoms with Crippen LogP contribution in [0.1, 0.15) is 36.8 Å². The summed E-state index contributed by atoms with van der Waals surface area (Å²) in [5.74, 6) is -0.723. The van der Waals surface area contributed by atoms with Crippen molar-refractivity contribution in [3.05, 3.63) is 35.5 Å². The lowest BCUT2D eigenvalue weighted by atomic mass is 9.84. The summed E-state index contributed by atoms with van der Waals surface area (Å²) in [6, 6.07) is 6.24. The number of ether oxygens (including phenoxy) is 1. The van der Waals surface area contributed by atoms with E-state index in [0.29, 0.717) is 32.5 Å². The fraction of sp³-hybridized carbons (Fsp3) is 0.545. The summed E-state index contributed by atoms with van der Waals surface area (Å²) in [4.78, 5) is 29.3. The Hall–Kier alpha value is -2.34. The lowest BCUT2D eigenvalue weighted by Crippen LogP contribution is -2.43. The number of carbonyl (C=O) groups excluding carboxylic acids is 1. The Morgan fingerprint density at radius 1 is 1.25 bits per heavy atom. The van der Waals surface area contributed by atoms with E-state index in [-0.39, 0.29) is 17.9 Å². The van der Waals surface area contributed by atoms with Gasteiger partial charge in [0.05, 0.1) is 12.0 Å². The first-order chi connectivity index (χ1) is 13.5. The zero-order valence-corrected chi connectivity index (χ0v) is 16.3. The second-order valence-electron chi connectivity index (χ2n) is 8.10. The molecule has 2 N–H and O–H groups in total. The number of piperidine rings is 1. The van der Waals surface area contributed by atoms with Crippen molar-refractivity contribution in [1.82, 2.24) is 9.88 Å². The normalized spacial score (nSPS) is 23.4. The maximum Gasteiger partial charge on any atom is 0.309 e. The fourth-order valence-electron chi connectivity index (χ4n) is 4.79. The molecule has 28 heavy (non-hydrogen) atoms. The second kappa shape index (κ2) is 7.95. The van der Waals surface area contributed by atoms with Gasteiger partial charge < -0.3 is 19.7 Å². The highest BCUT2D eigenvalue weighted by atomic mass is 16.5. The molecule has 1 aromatic carbocycles. The Morgan fingerprint density at radius 2 is 2.04 bits per heavy atom. The van der Waals surface area contributed by atoms with E-state index >= 15 is 0 Å². The van der Waals surface area contributed by atoms with E-state index in [1.807, 2.05) is 11.1 Å². The fourth-order valence-corrected chi connectivity index (χ4v) is 4.79. The summed E-state index contributed by atoms with van der Waals surface area (Å²) in [7, 11) is 0. The van der Waals surface area contributed by atoms with Crippen LogP contribution in [0.5, 0.6) is 0 Å². The van der Waals surface area contributed by atoms with Gasteiger partial charge in [-0.3, -0.25) is 9.59 Å². The first kappa shape index (κ1) is 19.0. The van der Waals surface area contributed by atoms with Gasteiger partial charge in [0.15, 0.2) is 0 Å². The largest absolute Gasteiger partial charge is 0.481 e. The number of H-pyrrole nitrogens is 1. The first-order valence-electron chi connectivity index (χ1n) is 10.2. The highest BCUT2D eigenvalue weighted by molar-refractivity contribution is 5.86. The van der Waals surface area contributed by atoms with E-state index in [4.69, 9.17) is 4.74 Å².